The molecule has 5 nitrogen and oxygen atoms in total. The van der Waals surface area contributed by atoms with Crippen LogP contribution in [0.25, 0.3) is 0 Å². The van der Waals surface area contributed by atoms with Crippen molar-refractivity contribution in [2.24, 2.45) is 10.3 Å². The van der Waals surface area contributed by atoms with E-state index in [1.165, 1.54) is 19.3 Å². The zero-order valence-corrected chi connectivity index (χ0v) is 19.1. The molecule has 4 rings (SSSR count). The van der Waals surface area contributed by atoms with Gasteiger partial charge in [-0.15, -0.1) is 4.40 Å². The first-order valence-corrected chi connectivity index (χ1v) is 12.6. The third-order valence-electron chi connectivity index (χ3n) is 6.14. The van der Waals surface area contributed by atoms with Crippen LogP contribution in [0.3, 0.4) is 0 Å². The van der Waals surface area contributed by atoms with Gasteiger partial charge in [-0.1, -0.05) is 61.7 Å². The van der Waals surface area contributed by atoms with E-state index in [2.05, 4.69) is 4.40 Å². The molecule has 6 heteroatoms. The maximum absolute atomic E-state index is 13.2. The fourth-order valence-corrected chi connectivity index (χ4v) is 6.48. The van der Waals surface area contributed by atoms with E-state index in [0.717, 1.165) is 18.4 Å². The Labute approximate surface area is 185 Å². The lowest BCUT2D eigenvalue weighted by Crippen LogP contribution is -2.43. The lowest BCUT2D eigenvalue weighted by molar-refractivity contribution is 0.0780. The SMILES string of the molecule is CC1(C)OC(CC2CCCCC2)=NS(=O)(=O)C1c1cccc(OCc2ccccc2)c1. The van der Waals surface area contributed by atoms with Crippen molar-refractivity contribution in [1.82, 2.24) is 0 Å². The Kier molecular flexibility index (Phi) is 6.37. The van der Waals surface area contributed by atoms with Crippen LogP contribution in [0.15, 0.2) is 59.0 Å². The van der Waals surface area contributed by atoms with Gasteiger partial charge in [-0.2, -0.15) is 0 Å². The molecule has 2 aliphatic rings. The van der Waals surface area contributed by atoms with Crippen molar-refractivity contribution in [1.29, 1.82) is 0 Å². The molecule has 31 heavy (non-hydrogen) atoms. The van der Waals surface area contributed by atoms with Gasteiger partial charge in [-0.3, -0.25) is 0 Å². The topological polar surface area (TPSA) is 65.0 Å². The molecule has 0 amide bonds. The third kappa shape index (κ3) is 5.29. The minimum absolute atomic E-state index is 0.365. The Morgan fingerprint density at radius 2 is 1.77 bits per heavy atom. The average molecular weight is 442 g/mol. The fourth-order valence-electron chi connectivity index (χ4n) is 4.73. The van der Waals surface area contributed by atoms with E-state index in [0.29, 0.717) is 36.2 Å². The van der Waals surface area contributed by atoms with E-state index in [1.54, 1.807) is 6.07 Å². The maximum atomic E-state index is 13.2. The molecule has 1 fully saturated rings. The number of rotatable bonds is 6. The Bertz CT molecular complexity index is 1020. The third-order valence-corrected chi connectivity index (χ3v) is 8.03. The molecular formula is C25H31NO4S. The molecule has 0 spiro atoms. The van der Waals surface area contributed by atoms with Crippen LogP contribution in [0.1, 0.15) is 68.7 Å². The molecular weight excluding hydrogens is 410 g/mol. The van der Waals surface area contributed by atoms with Gasteiger partial charge in [0.1, 0.15) is 23.2 Å². The Morgan fingerprint density at radius 3 is 2.48 bits per heavy atom. The van der Waals surface area contributed by atoms with Crippen LogP contribution >= 0.6 is 0 Å². The van der Waals surface area contributed by atoms with E-state index < -0.39 is 20.9 Å². The normalized spacial score (nSPS) is 22.9. The van der Waals surface area contributed by atoms with Gasteiger partial charge in [0.15, 0.2) is 0 Å². The lowest BCUT2D eigenvalue weighted by atomic mass is 9.87. The molecule has 0 saturated heterocycles. The predicted octanol–water partition coefficient (Wildman–Crippen LogP) is 5.81. The smallest absolute Gasteiger partial charge is 0.267 e. The second-order valence-electron chi connectivity index (χ2n) is 9.14. The number of benzene rings is 2. The van der Waals surface area contributed by atoms with Crippen LogP contribution in [-0.4, -0.2) is 19.9 Å². The van der Waals surface area contributed by atoms with Crippen molar-refractivity contribution in [2.45, 2.75) is 69.8 Å². The van der Waals surface area contributed by atoms with Crippen LogP contribution in [0, 0.1) is 5.92 Å². The summed E-state index contributed by atoms with van der Waals surface area (Å²) in [5.74, 6) is 1.46. The summed E-state index contributed by atoms with van der Waals surface area (Å²) in [7, 11) is -3.76. The molecule has 0 aromatic heterocycles. The van der Waals surface area contributed by atoms with Crippen molar-refractivity contribution >= 4 is 15.9 Å². The summed E-state index contributed by atoms with van der Waals surface area (Å²) in [5, 5.41) is -0.879. The maximum Gasteiger partial charge on any atom is 0.267 e. The Balaban J connectivity index is 1.54. The van der Waals surface area contributed by atoms with E-state index in [4.69, 9.17) is 9.47 Å². The molecule has 1 unspecified atom stereocenters. The van der Waals surface area contributed by atoms with Gasteiger partial charge in [0, 0.05) is 6.42 Å². The molecule has 0 bridgehead atoms. The van der Waals surface area contributed by atoms with Gasteiger partial charge < -0.3 is 9.47 Å². The highest BCUT2D eigenvalue weighted by Gasteiger charge is 2.47. The Hall–Kier alpha value is -2.34. The van der Waals surface area contributed by atoms with Crippen LogP contribution in [0.2, 0.25) is 0 Å². The minimum Gasteiger partial charge on any atom is -0.489 e. The lowest BCUT2D eigenvalue weighted by Gasteiger charge is -2.38. The molecule has 1 atom stereocenters. The van der Waals surface area contributed by atoms with Crippen molar-refractivity contribution in [3.63, 3.8) is 0 Å². The van der Waals surface area contributed by atoms with E-state index in [-0.39, 0.29) is 0 Å². The monoisotopic (exact) mass is 441 g/mol. The average Bonchev–Trinajstić information content (AvgIpc) is 2.72. The molecule has 2 aromatic rings. The number of hydrogen-bond donors (Lipinski definition) is 0. The molecule has 166 valence electrons. The summed E-state index contributed by atoms with van der Waals surface area (Å²) in [5.41, 5.74) is 0.776. The number of nitrogens with zero attached hydrogens (tertiary/aromatic N) is 1. The van der Waals surface area contributed by atoms with E-state index >= 15 is 0 Å². The summed E-state index contributed by atoms with van der Waals surface area (Å²) < 4.78 is 42.7. The number of sulfonamides is 1. The van der Waals surface area contributed by atoms with Gasteiger partial charge >= 0.3 is 0 Å². The highest BCUT2D eigenvalue weighted by atomic mass is 32.2. The van der Waals surface area contributed by atoms with Gasteiger partial charge in [0.05, 0.1) is 0 Å². The molecule has 0 N–H and O–H groups in total. The largest absolute Gasteiger partial charge is 0.489 e. The summed E-state index contributed by atoms with van der Waals surface area (Å²) in [4.78, 5) is 0. The molecule has 1 heterocycles. The Morgan fingerprint density at radius 1 is 1.03 bits per heavy atom. The van der Waals surface area contributed by atoms with Crippen LogP contribution in [0.4, 0.5) is 0 Å². The molecule has 1 aliphatic heterocycles. The van der Waals surface area contributed by atoms with Crippen molar-refractivity contribution < 1.29 is 17.9 Å². The summed E-state index contributed by atoms with van der Waals surface area (Å²) in [6.45, 7) is 4.09. The van der Waals surface area contributed by atoms with Crippen molar-refractivity contribution in [3.8, 4) is 5.75 Å². The van der Waals surface area contributed by atoms with Crippen LogP contribution in [0.5, 0.6) is 5.75 Å². The van der Waals surface area contributed by atoms with Crippen LogP contribution < -0.4 is 4.74 Å². The highest BCUT2D eigenvalue weighted by Crippen LogP contribution is 2.42. The first-order chi connectivity index (χ1) is 14.8. The van der Waals surface area contributed by atoms with Crippen molar-refractivity contribution in [2.75, 3.05) is 0 Å². The molecule has 0 radical (unpaired) electrons. The number of ether oxygens (including phenoxy) is 2. The van der Waals surface area contributed by atoms with Crippen molar-refractivity contribution in [3.05, 3.63) is 65.7 Å². The zero-order chi connectivity index (χ0) is 21.9. The predicted molar refractivity (Wildman–Crippen MR) is 123 cm³/mol. The quantitative estimate of drug-likeness (QED) is 0.567. The van der Waals surface area contributed by atoms with Gasteiger partial charge in [0.25, 0.3) is 10.0 Å². The fraction of sp³-hybridized carbons (Fsp3) is 0.480. The molecule has 1 saturated carbocycles. The highest BCUT2D eigenvalue weighted by molar-refractivity contribution is 7.90. The van der Waals surface area contributed by atoms with E-state index in [9.17, 15) is 8.42 Å². The van der Waals surface area contributed by atoms with E-state index in [1.807, 2.05) is 62.4 Å². The standard InChI is InChI=1S/C25H31NO4S/c1-25(2)24(31(27,28)26-23(30-25)16-19-10-5-3-6-11-19)21-14-9-15-22(17-21)29-18-20-12-7-4-8-13-20/h4,7-9,12-15,17,19,24H,3,5-6,10-11,16,18H2,1-2H3. The summed E-state index contributed by atoms with van der Waals surface area (Å²) in [6.07, 6.45) is 6.51. The molecule has 1 aliphatic carbocycles. The van der Waals surface area contributed by atoms with Gasteiger partial charge in [-0.05, 0) is 55.9 Å². The molecule has 2 aromatic carbocycles. The first-order valence-electron chi connectivity index (χ1n) is 11.1. The number of hydrogen-bond acceptors (Lipinski definition) is 4. The van der Waals surface area contributed by atoms with Gasteiger partial charge in [0.2, 0.25) is 5.90 Å². The van der Waals surface area contributed by atoms with Gasteiger partial charge in [-0.25, -0.2) is 8.42 Å². The van der Waals surface area contributed by atoms with Crippen LogP contribution in [-0.2, 0) is 21.4 Å². The summed E-state index contributed by atoms with van der Waals surface area (Å²) in [6, 6.07) is 17.1. The second-order valence-corrected chi connectivity index (χ2v) is 10.8. The summed E-state index contributed by atoms with van der Waals surface area (Å²) >= 11 is 0. The first kappa shape index (κ1) is 21.9. The second kappa shape index (κ2) is 9.03. The zero-order valence-electron chi connectivity index (χ0n) is 18.3. The minimum atomic E-state index is -3.76.